The minimum absolute atomic E-state index is 0.329. The molecule has 4 heteroatoms. The van der Waals surface area contributed by atoms with E-state index in [4.69, 9.17) is 5.11 Å². The maximum atomic E-state index is 10.3. The molecule has 0 unspecified atom stereocenters. The van der Waals surface area contributed by atoms with E-state index in [0.29, 0.717) is 11.8 Å². The van der Waals surface area contributed by atoms with Gasteiger partial charge in [-0.3, -0.25) is 9.59 Å². The Labute approximate surface area is 142 Å². The lowest BCUT2D eigenvalue weighted by atomic mass is 9.89. The van der Waals surface area contributed by atoms with Crippen LogP contribution in [0, 0.1) is 5.41 Å². The number of esters is 1. The lowest BCUT2D eigenvalue weighted by Gasteiger charge is -2.17. The van der Waals surface area contributed by atoms with Crippen LogP contribution < -0.4 is 0 Å². The van der Waals surface area contributed by atoms with Crippen LogP contribution in [0.15, 0.2) is 12.8 Å². The van der Waals surface area contributed by atoms with Crippen LogP contribution in [-0.4, -0.2) is 17.0 Å². The summed E-state index contributed by atoms with van der Waals surface area (Å²) in [7, 11) is 0. The summed E-state index contributed by atoms with van der Waals surface area (Å²) in [6.45, 7) is 11.4. The van der Waals surface area contributed by atoms with E-state index in [2.05, 4.69) is 32.1 Å². The molecule has 0 heterocycles. The summed E-state index contributed by atoms with van der Waals surface area (Å²) in [5, 5.41) is 8.48. The standard InChI is InChI=1S/C15H30O2.C4H6O2/c1-15(2,3)13-11-9-7-5-4-6-8-10-12-14(16)17;1-3-6-4(2)5/h4-13H2,1-3H3,(H,16,17);3H,1H2,2H3. The summed E-state index contributed by atoms with van der Waals surface area (Å²) in [6.07, 6.45) is 12.5. The number of ether oxygens (including phenoxy) is 1. The van der Waals surface area contributed by atoms with E-state index < -0.39 is 5.97 Å². The first-order valence-electron chi connectivity index (χ1n) is 8.69. The normalized spacial score (nSPS) is 10.4. The number of carboxylic acids is 1. The van der Waals surface area contributed by atoms with Crippen LogP contribution in [-0.2, 0) is 14.3 Å². The van der Waals surface area contributed by atoms with Crippen LogP contribution in [0.2, 0.25) is 0 Å². The highest BCUT2D eigenvalue weighted by molar-refractivity contribution is 5.66. The third-order valence-electron chi connectivity index (χ3n) is 3.32. The number of aliphatic carboxylic acids is 1. The fourth-order valence-corrected chi connectivity index (χ4v) is 2.11. The molecule has 0 aromatic carbocycles. The Morgan fingerprint density at radius 1 is 0.957 bits per heavy atom. The monoisotopic (exact) mass is 328 g/mol. The van der Waals surface area contributed by atoms with Gasteiger partial charge in [-0.15, -0.1) is 0 Å². The van der Waals surface area contributed by atoms with Gasteiger partial charge in [-0.25, -0.2) is 0 Å². The molecule has 136 valence electrons. The van der Waals surface area contributed by atoms with E-state index >= 15 is 0 Å². The molecule has 4 nitrogen and oxygen atoms in total. The summed E-state index contributed by atoms with van der Waals surface area (Å²) in [5.41, 5.74) is 0.483. The lowest BCUT2D eigenvalue weighted by molar-refractivity contribution is -0.137. The molecule has 0 saturated heterocycles. The molecular weight excluding hydrogens is 292 g/mol. The number of hydrogen-bond donors (Lipinski definition) is 1. The number of rotatable bonds is 11. The van der Waals surface area contributed by atoms with Crippen LogP contribution in [0.3, 0.4) is 0 Å². The molecule has 0 amide bonds. The minimum atomic E-state index is -0.660. The summed E-state index contributed by atoms with van der Waals surface area (Å²) in [6, 6.07) is 0. The van der Waals surface area contributed by atoms with Gasteiger partial charge >= 0.3 is 11.9 Å². The maximum absolute atomic E-state index is 10.3. The van der Waals surface area contributed by atoms with Crippen molar-refractivity contribution < 1.29 is 19.4 Å². The zero-order valence-corrected chi connectivity index (χ0v) is 15.5. The number of carbonyl (C=O) groups excluding carboxylic acids is 1. The predicted molar refractivity (Wildman–Crippen MR) is 95.2 cm³/mol. The molecule has 1 N–H and O–H groups in total. The topological polar surface area (TPSA) is 63.6 Å². The quantitative estimate of drug-likeness (QED) is 0.300. The first-order chi connectivity index (χ1) is 10.7. The molecular formula is C19H36O4. The second-order valence-electron chi connectivity index (χ2n) is 7.06. The molecule has 0 saturated carbocycles. The van der Waals surface area contributed by atoms with E-state index in [1.807, 2.05) is 0 Å². The van der Waals surface area contributed by atoms with Crippen molar-refractivity contribution in [3.8, 4) is 0 Å². The van der Waals surface area contributed by atoms with E-state index in [1.54, 1.807) is 0 Å². The smallest absolute Gasteiger partial charge is 0.307 e. The van der Waals surface area contributed by atoms with Crippen LogP contribution in [0.25, 0.3) is 0 Å². The van der Waals surface area contributed by atoms with Gasteiger partial charge in [-0.05, 0) is 18.3 Å². The van der Waals surface area contributed by atoms with Crippen molar-refractivity contribution in [2.45, 2.75) is 91.9 Å². The minimum Gasteiger partial charge on any atom is -0.481 e. The van der Waals surface area contributed by atoms with Crippen LogP contribution >= 0.6 is 0 Å². The summed E-state index contributed by atoms with van der Waals surface area (Å²) < 4.78 is 4.17. The summed E-state index contributed by atoms with van der Waals surface area (Å²) in [5.74, 6) is -0.989. The molecule has 0 aliphatic rings. The van der Waals surface area contributed by atoms with Gasteiger partial charge in [0.25, 0.3) is 0 Å². The lowest BCUT2D eigenvalue weighted by Crippen LogP contribution is -2.03. The fourth-order valence-electron chi connectivity index (χ4n) is 2.11. The SMILES string of the molecule is C=COC(C)=O.CC(C)(C)CCCCCCCCCCC(=O)O. The molecule has 0 aliphatic carbocycles. The van der Waals surface area contributed by atoms with E-state index in [1.165, 1.54) is 51.9 Å². The van der Waals surface area contributed by atoms with Gasteiger partial charge in [0.1, 0.15) is 0 Å². The van der Waals surface area contributed by atoms with Gasteiger partial charge < -0.3 is 9.84 Å². The van der Waals surface area contributed by atoms with Gasteiger partial charge in [-0.2, -0.15) is 0 Å². The van der Waals surface area contributed by atoms with Crippen molar-refractivity contribution in [1.29, 1.82) is 0 Å². The zero-order chi connectivity index (χ0) is 18.1. The average Bonchev–Trinajstić information content (AvgIpc) is 2.40. The number of carbonyl (C=O) groups is 2. The Morgan fingerprint density at radius 2 is 1.39 bits per heavy atom. The Kier molecular flexibility index (Phi) is 16.2. The van der Waals surface area contributed by atoms with Crippen molar-refractivity contribution in [2.24, 2.45) is 5.41 Å². The van der Waals surface area contributed by atoms with Crippen molar-refractivity contribution in [1.82, 2.24) is 0 Å². The molecule has 0 rings (SSSR count). The van der Waals surface area contributed by atoms with Crippen LogP contribution in [0.1, 0.15) is 91.9 Å². The third-order valence-corrected chi connectivity index (χ3v) is 3.32. The molecule has 0 spiro atoms. The fraction of sp³-hybridized carbons (Fsp3) is 0.789. The maximum Gasteiger partial charge on any atom is 0.307 e. The first-order valence-corrected chi connectivity index (χ1v) is 8.69. The van der Waals surface area contributed by atoms with Gasteiger partial charge in [0.2, 0.25) is 0 Å². The average molecular weight is 328 g/mol. The first kappa shape index (κ1) is 23.9. The highest BCUT2D eigenvalue weighted by Gasteiger charge is 2.08. The number of carboxylic acid groups (broad SMARTS) is 1. The van der Waals surface area contributed by atoms with Crippen molar-refractivity contribution in [2.75, 3.05) is 0 Å². The van der Waals surface area contributed by atoms with Crippen LogP contribution in [0.4, 0.5) is 0 Å². The second-order valence-corrected chi connectivity index (χ2v) is 7.06. The molecule has 0 radical (unpaired) electrons. The number of unbranched alkanes of at least 4 members (excludes halogenated alkanes) is 7. The molecule has 23 heavy (non-hydrogen) atoms. The molecule has 0 aromatic rings. The van der Waals surface area contributed by atoms with E-state index in [-0.39, 0.29) is 5.97 Å². The Balaban J connectivity index is 0. The zero-order valence-electron chi connectivity index (χ0n) is 15.5. The third kappa shape index (κ3) is 29.4. The van der Waals surface area contributed by atoms with E-state index in [9.17, 15) is 9.59 Å². The van der Waals surface area contributed by atoms with Crippen molar-refractivity contribution >= 4 is 11.9 Å². The second kappa shape index (κ2) is 15.6. The van der Waals surface area contributed by atoms with Crippen molar-refractivity contribution in [3.63, 3.8) is 0 Å². The van der Waals surface area contributed by atoms with Crippen LogP contribution in [0.5, 0.6) is 0 Å². The van der Waals surface area contributed by atoms with Gasteiger partial charge in [0, 0.05) is 13.3 Å². The molecule has 0 aliphatic heterocycles. The van der Waals surface area contributed by atoms with Gasteiger partial charge in [0.15, 0.2) is 0 Å². The predicted octanol–water partition coefficient (Wildman–Crippen LogP) is 5.71. The largest absolute Gasteiger partial charge is 0.481 e. The van der Waals surface area contributed by atoms with Crippen molar-refractivity contribution in [3.05, 3.63) is 12.8 Å². The highest BCUT2D eigenvalue weighted by Crippen LogP contribution is 2.22. The molecule has 0 bridgehead atoms. The van der Waals surface area contributed by atoms with Gasteiger partial charge in [-0.1, -0.05) is 72.3 Å². The van der Waals surface area contributed by atoms with Gasteiger partial charge in [0.05, 0.1) is 6.26 Å². The molecule has 0 fully saturated rings. The molecule has 0 atom stereocenters. The Bertz CT molecular complexity index is 316. The number of hydrogen-bond acceptors (Lipinski definition) is 3. The Hall–Kier alpha value is -1.32. The highest BCUT2D eigenvalue weighted by atomic mass is 16.5. The molecule has 0 aromatic heterocycles. The summed E-state index contributed by atoms with van der Waals surface area (Å²) in [4.78, 5) is 20.0. The summed E-state index contributed by atoms with van der Waals surface area (Å²) >= 11 is 0. The Morgan fingerprint density at radius 3 is 1.70 bits per heavy atom. The van der Waals surface area contributed by atoms with E-state index in [0.717, 1.165) is 19.1 Å².